The average molecular weight is 498 g/mol. The highest BCUT2D eigenvalue weighted by Crippen LogP contribution is 2.31. The van der Waals surface area contributed by atoms with Crippen molar-refractivity contribution in [2.24, 2.45) is 17.8 Å². The minimum absolute atomic E-state index is 0.0593. The molecule has 1 aliphatic rings. The van der Waals surface area contributed by atoms with Crippen molar-refractivity contribution in [3.05, 3.63) is 29.8 Å². The minimum atomic E-state index is -4.06. The van der Waals surface area contributed by atoms with E-state index in [9.17, 15) is 17.6 Å². The molecule has 1 saturated carbocycles. The average Bonchev–Trinajstić information content (AvgIpc) is 2.81. The highest BCUT2D eigenvalue weighted by atomic mass is 32.2. The van der Waals surface area contributed by atoms with E-state index in [2.05, 4.69) is 13.8 Å². The van der Waals surface area contributed by atoms with Crippen molar-refractivity contribution < 1.29 is 22.3 Å². The molecular weight excluding hydrogens is 453 g/mol. The first-order valence-corrected chi connectivity index (χ1v) is 14.3. The number of rotatable bonds is 12. The van der Waals surface area contributed by atoms with E-state index in [0.717, 1.165) is 12.3 Å². The summed E-state index contributed by atoms with van der Waals surface area (Å²) in [4.78, 5) is 12.1. The lowest BCUT2D eigenvalue weighted by Gasteiger charge is -2.26. The summed E-state index contributed by atoms with van der Waals surface area (Å²) in [6, 6.07) is 5.89. The maximum Gasteiger partial charge on any atom is 0.421 e. The molecule has 3 atom stereocenters. The van der Waals surface area contributed by atoms with E-state index in [1.54, 1.807) is 32.9 Å². The standard InChI is InChI=1S/C27H44FNO4S/c1-20(21(2)12-14-23-9-7-6-8-10-23)11-13-22(3)33-26(30)29-34(31,32)25-17-15-24(16-18-25)27(4,5)19-28/h15-18,20-23H,6-14,19H2,1-5H3,(H,29,30)/t20-,21-,22?/m0/s1. The summed E-state index contributed by atoms with van der Waals surface area (Å²) in [5.41, 5.74) is -0.0126. The monoisotopic (exact) mass is 497 g/mol. The molecule has 0 bridgehead atoms. The van der Waals surface area contributed by atoms with Crippen LogP contribution in [0.4, 0.5) is 9.18 Å². The van der Waals surface area contributed by atoms with Gasteiger partial charge in [-0.25, -0.2) is 17.9 Å². The van der Waals surface area contributed by atoms with Crippen LogP contribution < -0.4 is 4.72 Å². The first-order chi connectivity index (χ1) is 15.9. The molecule has 1 aromatic carbocycles. The van der Waals surface area contributed by atoms with Crippen LogP contribution in [0.5, 0.6) is 0 Å². The Bertz CT molecular complexity index is 863. The van der Waals surface area contributed by atoms with Crippen LogP contribution in [0.1, 0.15) is 98.0 Å². The summed E-state index contributed by atoms with van der Waals surface area (Å²) in [5, 5.41) is 0. The van der Waals surface area contributed by atoms with Crippen LogP contribution in [0, 0.1) is 17.8 Å². The van der Waals surface area contributed by atoms with Gasteiger partial charge in [-0.05, 0) is 55.2 Å². The largest absolute Gasteiger partial charge is 0.446 e. The van der Waals surface area contributed by atoms with Gasteiger partial charge in [-0.15, -0.1) is 0 Å². The third kappa shape index (κ3) is 8.86. The van der Waals surface area contributed by atoms with E-state index in [1.807, 2.05) is 4.72 Å². The van der Waals surface area contributed by atoms with Gasteiger partial charge in [0.2, 0.25) is 0 Å². The van der Waals surface area contributed by atoms with E-state index in [4.69, 9.17) is 4.74 Å². The second kappa shape index (κ2) is 12.9. The van der Waals surface area contributed by atoms with Crippen molar-refractivity contribution >= 4 is 16.1 Å². The number of hydrogen-bond acceptors (Lipinski definition) is 4. The molecule has 7 heteroatoms. The Labute approximate surface area is 206 Å². The Kier molecular flexibility index (Phi) is 10.8. The van der Waals surface area contributed by atoms with Gasteiger partial charge >= 0.3 is 6.09 Å². The van der Waals surface area contributed by atoms with Gasteiger partial charge in [-0.2, -0.15) is 0 Å². The molecule has 1 fully saturated rings. The summed E-state index contributed by atoms with van der Waals surface area (Å²) < 4.78 is 45.5. The van der Waals surface area contributed by atoms with Gasteiger partial charge in [-0.1, -0.05) is 84.8 Å². The Morgan fingerprint density at radius 3 is 2.21 bits per heavy atom. The molecule has 194 valence electrons. The number of benzene rings is 1. The predicted molar refractivity (Wildman–Crippen MR) is 135 cm³/mol. The van der Waals surface area contributed by atoms with Gasteiger partial charge in [0.1, 0.15) is 6.10 Å². The number of halogens is 1. The van der Waals surface area contributed by atoms with Crippen LogP contribution in [-0.2, 0) is 20.2 Å². The molecule has 1 unspecified atom stereocenters. The number of alkyl halides is 1. The van der Waals surface area contributed by atoms with Gasteiger partial charge in [0.15, 0.2) is 0 Å². The fraction of sp³-hybridized carbons (Fsp3) is 0.741. The number of nitrogens with one attached hydrogen (secondary N) is 1. The van der Waals surface area contributed by atoms with Crippen LogP contribution in [0.15, 0.2) is 29.2 Å². The van der Waals surface area contributed by atoms with E-state index in [-0.39, 0.29) is 11.0 Å². The third-order valence-corrected chi connectivity index (χ3v) is 8.89. The smallest absolute Gasteiger partial charge is 0.421 e. The zero-order chi connectivity index (χ0) is 25.4. The Hall–Kier alpha value is -1.63. The van der Waals surface area contributed by atoms with Crippen LogP contribution >= 0.6 is 0 Å². The minimum Gasteiger partial charge on any atom is -0.446 e. The molecule has 0 aliphatic heterocycles. The number of ether oxygens (including phenoxy) is 1. The van der Waals surface area contributed by atoms with Gasteiger partial charge in [0.25, 0.3) is 10.0 Å². The molecule has 0 spiro atoms. The van der Waals surface area contributed by atoms with Crippen LogP contribution in [0.2, 0.25) is 0 Å². The first kappa shape index (κ1) is 28.6. The molecule has 1 aromatic rings. The fourth-order valence-electron chi connectivity index (χ4n) is 4.64. The van der Waals surface area contributed by atoms with Crippen molar-refractivity contribution in [2.45, 2.75) is 109 Å². The number of carbonyl (C=O) groups is 1. The molecule has 2 rings (SSSR count). The first-order valence-electron chi connectivity index (χ1n) is 12.8. The highest BCUT2D eigenvalue weighted by Gasteiger charge is 2.24. The zero-order valence-electron chi connectivity index (χ0n) is 21.6. The number of amides is 1. The Balaban J connectivity index is 1.76. The lowest BCUT2D eigenvalue weighted by atomic mass is 9.81. The Morgan fingerprint density at radius 1 is 1.03 bits per heavy atom. The van der Waals surface area contributed by atoms with Crippen LogP contribution in [-0.4, -0.2) is 27.3 Å². The second-order valence-corrected chi connectivity index (χ2v) is 12.7. The molecule has 1 aliphatic carbocycles. The molecular formula is C27H44FNO4S. The van der Waals surface area contributed by atoms with Gasteiger partial charge in [0, 0.05) is 5.41 Å². The predicted octanol–water partition coefficient (Wildman–Crippen LogP) is 7.15. The molecule has 0 heterocycles. The summed E-state index contributed by atoms with van der Waals surface area (Å²) in [6.07, 6.45) is 9.72. The molecule has 1 amide bonds. The van der Waals surface area contributed by atoms with E-state index in [0.29, 0.717) is 23.8 Å². The molecule has 1 N–H and O–H groups in total. The molecule has 0 saturated heterocycles. The maximum atomic E-state index is 13.2. The molecule has 0 aromatic heterocycles. The number of carbonyl (C=O) groups excluding carboxylic acids is 1. The van der Waals surface area contributed by atoms with E-state index in [1.165, 1.54) is 57.1 Å². The molecule has 34 heavy (non-hydrogen) atoms. The van der Waals surface area contributed by atoms with E-state index >= 15 is 0 Å². The molecule has 5 nitrogen and oxygen atoms in total. The third-order valence-electron chi connectivity index (χ3n) is 7.56. The number of sulfonamides is 1. The van der Waals surface area contributed by atoms with Crippen LogP contribution in [0.25, 0.3) is 0 Å². The van der Waals surface area contributed by atoms with Crippen molar-refractivity contribution in [1.82, 2.24) is 4.72 Å². The van der Waals surface area contributed by atoms with Crippen molar-refractivity contribution in [3.8, 4) is 0 Å². The maximum absolute atomic E-state index is 13.2. The molecule has 0 radical (unpaired) electrons. The summed E-state index contributed by atoms with van der Waals surface area (Å²) in [5.74, 6) is 2.03. The zero-order valence-corrected chi connectivity index (χ0v) is 22.4. The second-order valence-electron chi connectivity index (χ2n) is 11.0. The SMILES string of the molecule is CC(CC[C@H](C)[C@@H](C)CCC1CCCCC1)OC(=O)NS(=O)(=O)c1ccc(C(C)(C)CF)cc1. The van der Waals surface area contributed by atoms with Crippen molar-refractivity contribution in [2.75, 3.05) is 6.67 Å². The van der Waals surface area contributed by atoms with Crippen LogP contribution in [0.3, 0.4) is 0 Å². The lowest BCUT2D eigenvalue weighted by molar-refractivity contribution is 0.101. The lowest BCUT2D eigenvalue weighted by Crippen LogP contribution is -2.33. The van der Waals surface area contributed by atoms with Crippen molar-refractivity contribution in [3.63, 3.8) is 0 Å². The van der Waals surface area contributed by atoms with Gasteiger partial charge < -0.3 is 4.74 Å². The van der Waals surface area contributed by atoms with E-state index < -0.39 is 28.2 Å². The quantitative estimate of drug-likeness (QED) is 0.333. The Morgan fingerprint density at radius 2 is 1.62 bits per heavy atom. The highest BCUT2D eigenvalue weighted by molar-refractivity contribution is 7.90. The summed E-state index contributed by atoms with van der Waals surface area (Å²) in [7, 11) is -4.06. The summed E-state index contributed by atoms with van der Waals surface area (Å²) in [6.45, 7) is 9.27. The normalized spacial score (nSPS) is 18.2. The topological polar surface area (TPSA) is 72.5 Å². The van der Waals surface area contributed by atoms with Crippen molar-refractivity contribution in [1.29, 1.82) is 0 Å². The summed E-state index contributed by atoms with van der Waals surface area (Å²) >= 11 is 0. The fourth-order valence-corrected chi connectivity index (χ4v) is 5.52. The number of hydrogen-bond donors (Lipinski definition) is 1. The van der Waals surface area contributed by atoms with Gasteiger partial charge in [0.05, 0.1) is 11.6 Å². The van der Waals surface area contributed by atoms with Gasteiger partial charge in [-0.3, -0.25) is 4.39 Å².